The van der Waals surface area contributed by atoms with E-state index >= 15 is 0 Å². The molecule has 0 bridgehead atoms. The molecule has 2 unspecified atom stereocenters. The predicted octanol–water partition coefficient (Wildman–Crippen LogP) is 12.5. The second kappa shape index (κ2) is 40.2. The fourth-order valence-corrected chi connectivity index (χ4v) is 6.44. The van der Waals surface area contributed by atoms with Crippen molar-refractivity contribution in [2.75, 3.05) is 40.5 Å². The number of hydrogen-bond donors (Lipinski definition) is 1. The predicted molar refractivity (Wildman–Crippen MR) is 229 cm³/mol. The van der Waals surface area contributed by atoms with Gasteiger partial charge in [-0.25, -0.2) is 4.57 Å². The zero-order valence-electron chi connectivity index (χ0n) is 35.6. The second-order valence-corrected chi connectivity index (χ2v) is 16.3. The van der Waals surface area contributed by atoms with Crippen LogP contribution < -0.4 is 0 Å². The Morgan fingerprint density at radius 1 is 0.564 bits per heavy atom. The van der Waals surface area contributed by atoms with Gasteiger partial charge in [-0.15, -0.1) is 0 Å². The molecule has 0 aliphatic rings. The van der Waals surface area contributed by atoms with E-state index in [0.29, 0.717) is 13.0 Å². The number of carbonyl (C=O) groups is 2. The number of ether oxygens (including phenoxy) is 2. The highest BCUT2D eigenvalue weighted by Crippen LogP contribution is 2.43. The Hall–Kier alpha value is -2.03. The van der Waals surface area contributed by atoms with Crippen molar-refractivity contribution in [2.24, 2.45) is 0 Å². The number of unbranched alkanes of at least 4 members (excludes halogenated alkanes) is 18. The van der Waals surface area contributed by atoms with Crippen molar-refractivity contribution in [1.82, 2.24) is 4.90 Å². The molecule has 10 heteroatoms. The Bertz CT molecular complexity index is 1060. The zero-order chi connectivity index (χ0) is 40.5. The van der Waals surface area contributed by atoms with Crippen LogP contribution in [0.15, 0.2) is 48.6 Å². The van der Waals surface area contributed by atoms with Crippen LogP contribution >= 0.6 is 7.82 Å². The van der Waals surface area contributed by atoms with Crippen LogP contribution in [0, 0.1) is 0 Å². The van der Waals surface area contributed by atoms with Gasteiger partial charge in [0.2, 0.25) is 0 Å². The van der Waals surface area contributed by atoms with Gasteiger partial charge in [-0.3, -0.25) is 18.6 Å². The first-order chi connectivity index (χ1) is 26.7. The zero-order valence-corrected chi connectivity index (χ0v) is 36.5. The van der Waals surface area contributed by atoms with Crippen LogP contribution in [0.3, 0.4) is 0 Å². The Kier molecular flexibility index (Phi) is 38.7. The average Bonchev–Trinajstić information content (AvgIpc) is 3.15. The molecule has 0 heterocycles. The van der Waals surface area contributed by atoms with Crippen molar-refractivity contribution in [1.29, 1.82) is 0 Å². The van der Waals surface area contributed by atoms with Gasteiger partial charge in [0, 0.05) is 19.4 Å². The van der Waals surface area contributed by atoms with Crippen molar-refractivity contribution in [3.05, 3.63) is 48.6 Å². The lowest BCUT2D eigenvalue weighted by Crippen LogP contribution is -2.29. The largest absolute Gasteiger partial charge is 0.472 e. The molecule has 0 aliphatic heterocycles. The van der Waals surface area contributed by atoms with E-state index in [1.54, 1.807) is 0 Å². The van der Waals surface area contributed by atoms with Crippen LogP contribution in [-0.4, -0.2) is 68.3 Å². The lowest BCUT2D eigenvalue weighted by atomic mass is 10.1. The molecule has 0 rings (SSSR count). The van der Waals surface area contributed by atoms with E-state index in [2.05, 4.69) is 62.5 Å². The van der Waals surface area contributed by atoms with E-state index in [9.17, 15) is 19.0 Å². The number of nitrogens with zero attached hydrogens (tertiary/aromatic N) is 1. The van der Waals surface area contributed by atoms with Crippen molar-refractivity contribution < 1.29 is 37.6 Å². The molecule has 0 saturated carbocycles. The quantitative estimate of drug-likeness (QED) is 0.0280. The van der Waals surface area contributed by atoms with Crippen LogP contribution in [-0.2, 0) is 32.7 Å². The SMILES string of the molecule is CCCCCCCC/C=C\C/C=C\C/C=C\CCCC(=O)OC(COC(=O)CCCCCCC/C=C\CCCCCCCC)COP(=O)(O)OCCN(C)C. The summed E-state index contributed by atoms with van der Waals surface area (Å²) >= 11 is 0. The van der Waals surface area contributed by atoms with Crippen molar-refractivity contribution in [3.8, 4) is 0 Å². The number of esters is 2. The Labute approximate surface area is 337 Å². The van der Waals surface area contributed by atoms with Gasteiger partial charge in [-0.2, -0.15) is 0 Å². The molecule has 320 valence electrons. The summed E-state index contributed by atoms with van der Waals surface area (Å²) in [5.41, 5.74) is 0. The van der Waals surface area contributed by atoms with Gasteiger partial charge < -0.3 is 19.3 Å². The number of allylic oxidation sites excluding steroid dienone is 8. The number of phosphoric acid groups is 1. The minimum Gasteiger partial charge on any atom is -0.462 e. The molecule has 55 heavy (non-hydrogen) atoms. The summed E-state index contributed by atoms with van der Waals surface area (Å²) < 4.78 is 33.4. The topological polar surface area (TPSA) is 112 Å². The van der Waals surface area contributed by atoms with Gasteiger partial charge in [0.1, 0.15) is 6.61 Å². The maximum atomic E-state index is 12.6. The van der Waals surface area contributed by atoms with Gasteiger partial charge in [0.25, 0.3) is 0 Å². The minimum absolute atomic E-state index is 0.00413. The summed E-state index contributed by atoms with van der Waals surface area (Å²) in [6.07, 6.45) is 44.5. The molecular formula is C45H82NO8P. The summed E-state index contributed by atoms with van der Waals surface area (Å²) in [5.74, 6) is -0.874. The van der Waals surface area contributed by atoms with Gasteiger partial charge >= 0.3 is 19.8 Å². The smallest absolute Gasteiger partial charge is 0.462 e. The Morgan fingerprint density at radius 3 is 1.53 bits per heavy atom. The molecule has 9 nitrogen and oxygen atoms in total. The number of carbonyl (C=O) groups excluding carboxylic acids is 2. The maximum absolute atomic E-state index is 12.6. The first kappa shape index (κ1) is 53.0. The van der Waals surface area contributed by atoms with E-state index in [4.69, 9.17) is 18.5 Å². The standard InChI is InChI=1S/C45H82NO8P/c1-5-7-9-11-13-15-17-19-21-22-24-26-28-30-32-34-36-38-45(48)54-43(42-53-55(49,50)52-40-39-46(3)4)41-51-44(47)37-35-33-31-29-27-25-23-20-18-16-14-12-10-8-6-2/h19-21,23-24,26,30,32,43H,5-18,22,25,27-29,31,33-42H2,1-4H3,(H,49,50)/b21-19-,23-20-,26-24-,32-30-. The molecule has 0 amide bonds. The molecule has 0 aliphatic carbocycles. The third kappa shape index (κ3) is 41.4. The summed E-state index contributed by atoms with van der Waals surface area (Å²) in [6, 6.07) is 0. The van der Waals surface area contributed by atoms with Crippen LogP contribution in [0.1, 0.15) is 181 Å². The van der Waals surface area contributed by atoms with Crippen molar-refractivity contribution >= 4 is 19.8 Å². The highest BCUT2D eigenvalue weighted by atomic mass is 31.2. The Morgan fingerprint density at radius 2 is 1.00 bits per heavy atom. The van der Waals surface area contributed by atoms with E-state index in [1.165, 1.54) is 83.5 Å². The number of likely N-dealkylation sites (N-methyl/N-ethyl adjacent to an activating group) is 1. The lowest BCUT2D eigenvalue weighted by Gasteiger charge is -2.20. The molecular weight excluding hydrogens is 713 g/mol. The minimum atomic E-state index is -4.38. The average molecular weight is 796 g/mol. The molecule has 0 fully saturated rings. The maximum Gasteiger partial charge on any atom is 0.472 e. The highest BCUT2D eigenvalue weighted by Gasteiger charge is 2.26. The van der Waals surface area contributed by atoms with Gasteiger partial charge in [-0.05, 0) is 84.7 Å². The fraction of sp³-hybridized carbons (Fsp3) is 0.778. The van der Waals surface area contributed by atoms with Gasteiger partial charge in [-0.1, -0.05) is 146 Å². The monoisotopic (exact) mass is 796 g/mol. The number of rotatable bonds is 40. The number of phosphoric ester groups is 1. The molecule has 0 saturated heterocycles. The molecule has 0 aromatic heterocycles. The molecule has 0 spiro atoms. The van der Waals surface area contributed by atoms with Gasteiger partial charge in [0.05, 0.1) is 13.2 Å². The van der Waals surface area contributed by atoms with E-state index < -0.39 is 32.5 Å². The van der Waals surface area contributed by atoms with Crippen LogP contribution in [0.4, 0.5) is 0 Å². The summed E-state index contributed by atoms with van der Waals surface area (Å²) in [4.78, 5) is 37.0. The second-order valence-electron chi connectivity index (χ2n) is 14.9. The van der Waals surface area contributed by atoms with Crippen LogP contribution in [0.5, 0.6) is 0 Å². The van der Waals surface area contributed by atoms with E-state index in [-0.39, 0.29) is 26.1 Å². The first-order valence-corrected chi connectivity index (χ1v) is 23.4. The third-order valence-corrected chi connectivity index (χ3v) is 10.1. The highest BCUT2D eigenvalue weighted by molar-refractivity contribution is 7.47. The molecule has 1 N–H and O–H groups in total. The van der Waals surface area contributed by atoms with Gasteiger partial charge in [0.15, 0.2) is 6.10 Å². The van der Waals surface area contributed by atoms with Crippen molar-refractivity contribution in [2.45, 2.75) is 187 Å². The van der Waals surface area contributed by atoms with Crippen molar-refractivity contribution in [3.63, 3.8) is 0 Å². The lowest BCUT2D eigenvalue weighted by molar-refractivity contribution is -0.161. The molecule has 0 aromatic carbocycles. The summed E-state index contributed by atoms with van der Waals surface area (Å²) in [7, 11) is -0.742. The van der Waals surface area contributed by atoms with E-state index in [0.717, 1.165) is 64.2 Å². The third-order valence-electron chi connectivity index (χ3n) is 9.11. The fourth-order valence-electron chi connectivity index (χ4n) is 5.70. The van der Waals surface area contributed by atoms with E-state index in [1.807, 2.05) is 19.0 Å². The molecule has 2 atom stereocenters. The summed E-state index contributed by atoms with van der Waals surface area (Å²) in [5, 5.41) is 0. The molecule has 0 radical (unpaired) electrons. The molecule has 0 aromatic rings. The Balaban J connectivity index is 4.40. The summed E-state index contributed by atoms with van der Waals surface area (Å²) in [6.45, 7) is 4.24. The van der Waals surface area contributed by atoms with Crippen LogP contribution in [0.2, 0.25) is 0 Å². The normalized spacial score (nSPS) is 13.9. The first-order valence-electron chi connectivity index (χ1n) is 21.9. The number of hydrogen-bond acceptors (Lipinski definition) is 8. The van der Waals surface area contributed by atoms with Crippen LogP contribution in [0.25, 0.3) is 0 Å².